The van der Waals surface area contributed by atoms with Crippen LogP contribution >= 0.6 is 15.9 Å². The van der Waals surface area contributed by atoms with Gasteiger partial charge in [-0.2, -0.15) is 0 Å². The smallest absolute Gasteiger partial charge is 0.325 e. The molecule has 6 nitrogen and oxygen atoms in total. The molecule has 7 heteroatoms. The minimum absolute atomic E-state index is 0.161. The Morgan fingerprint density at radius 2 is 1.68 bits per heavy atom. The van der Waals surface area contributed by atoms with Gasteiger partial charge in [0.1, 0.15) is 11.3 Å². The molecule has 0 bridgehead atoms. The molecule has 3 rings (SSSR count). The van der Waals surface area contributed by atoms with Crippen LogP contribution in [0.2, 0.25) is 0 Å². The molecule has 0 radical (unpaired) electrons. The lowest BCUT2D eigenvalue weighted by Crippen LogP contribution is -2.44. The minimum Gasteiger partial charge on any atom is -0.508 e. The first-order valence-electron chi connectivity index (χ1n) is 8.95. The predicted octanol–water partition coefficient (Wildman–Crippen LogP) is 3.21. The number of aromatic hydroxyl groups is 1. The van der Waals surface area contributed by atoms with Crippen molar-refractivity contribution in [2.24, 2.45) is 0 Å². The lowest BCUT2D eigenvalue weighted by molar-refractivity contribution is -0.134. The van der Waals surface area contributed by atoms with Crippen molar-refractivity contribution in [1.82, 2.24) is 10.2 Å². The predicted molar refractivity (Wildman–Crippen MR) is 108 cm³/mol. The number of Topliss-reactive ketones (excluding diaryl/α,β-unsaturated/α-hetero) is 1. The van der Waals surface area contributed by atoms with Gasteiger partial charge >= 0.3 is 6.03 Å². The summed E-state index contributed by atoms with van der Waals surface area (Å²) in [6, 6.07) is 13.5. The number of nitrogens with one attached hydrogen (secondary N) is 1. The summed E-state index contributed by atoms with van der Waals surface area (Å²) in [7, 11) is 0. The second-order valence-electron chi connectivity index (χ2n) is 7.16. The summed E-state index contributed by atoms with van der Waals surface area (Å²) in [4.78, 5) is 38.4. The fraction of sp³-hybridized carbons (Fsp3) is 0.286. The van der Waals surface area contributed by atoms with E-state index in [1.54, 1.807) is 31.2 Å². The molecule has 1 unspecified atom stereocenters. The number of phenolic OH excluding ortho intramolecular Hbond substituents is 1. The minimum atomic E-state index is -1.05. The Labute approximate surface area is 171 Å². The SMILES string of the molecule is CC1(CCc2ccc(O)cc2)NC(=O)N(CC(=O)Cc2ccc(Br)cc2)C1=O. The van der Waals surface area contributed by atoms with Gasteiger partial charge in [0.05, 0.1) is 6.54 Å². The zero-order valence-corrected chi connectivity index (χ0v) is 17.0. The molecule has 2 aromatic rings. The number of benzene rings is 2. The fourth-order valence-electron chi connectivity index (χ4n) is 3.18. The van der Waals surface area contributed by atoms with Crippen LogP contribution in [0.3, 0.4) is 0 Å². The third-order valence-electron chi connectivity index (χ3n) is 4.84. The topological polar surface area (TPSA) is 86.7 Å². The Balaban J connectivity index is 1.60. The summed E-state index contributed by atoms with van der Waals surface area (Å²) >= 11 is 3.34. The molecular formula is C21H21BrN2O4. The molecule has 146 valence electrons. The largest absolute Gasteiger partial charge is 0.508 e. The summed E-state index contributed by atoms with van der Waals surface area (Å²) in [5.74, 6) is -0.412. The van der Waals surface area contributed by atoms with E-state index in [1.807, 2.05) is 24.3 Å². The highest BCUT2D eigenvalue weighted by atomic mass is 79.9. The van der Waals surface area contributed by atoms with E-state index in [0.717, 1.165) is 20.5 Å². The maximum absolute atomic E-state index is 12.8. The van der Waals surface area contributed by atoms with Crippen molar-refractivity contribution < 1.29 is 19.5 Å². The Morgan fingerprint density at radius 3 is 2.32 bits per heavy atom. The summed E-state index contributed by atoms with van der Waals surface area (Å²) in [5.41, 5.74) is 0.730. The number of carbonyl (C=O) groups is 3. The van der Waals surface area contributed by atoms with Crippen molar-refractivity contribution >= 4 is 33.7 Å². The van der Waals surface area contributed by atoms with Gasteiger partial charge in [0, 0.05) is 10.9 Å². The van der Waals surface area contributed by atoms with Gasteiger partial charge in [0.15, 0.2) is 5.78 Å². The number of ketones is 1. The Bertz CT molecular complexity index is 896. The molecule has 1 fully saturated rings. The van der Waals surface area contributed by atoms with Gasteiger partial charge in [0.2, 0.25) is 0 Å². The number of carbonyl (C=O) groups excluding carboxylic acids is 3. The molecule has 2 aromatic carbocycles. The number of hydrogen-bond donors (Lipinski definition) is 2. The van der Waals surface area contributed by atoms with E-state index in [0.29, 0.717) is 12.8 Å². The molecule has 1 atom stereocenters. The zero-order chi connectivity index (χ0) is 20.3. The van der Waals surface area contributed by atoms with E-state index in [1.165, 1.54) is 0 Å². The average molecular weight is 445 g/mol. The second-order valence-corrected chi connectivity index (χ2v) is 8.08. The van der Waals surface area contributed by atoms with Crippen LogP contribution < -0.4 is 5.32 Å². The van der Waals surface area contributed by atoms with Crippen molar-refractivity contribution in [3.63, 3.8) is 0 Å². The average Bonchev–Trinajstić information content (AvgIpc) is 2.87. The summed E-state index contributed by atoms with van der Waals surface area (Å²) in [6.45, 7) is 1.43. The first kappa shape index (κ1) is 20.1. The number of aryl methyl sites for hydroxylation is 1. The third kappa shape index (κ3) is 4.59. The van der Waals surface area contributed by atoms with Gasteiger partial charge in [-0.1, -0.05) is 40.2 Å². The first-order chi connectivity index (χ1) is 13.3. The van der Waals surface area contributed by atoms with Crippen LogP contribution in [0.4, 0.5) is 4.79 Å². The fourth-order valence-corrected chi connectivity index (χ4v) is 3.44. The van der Waals surface area contributed by atoms with Gasteiger partial charge in [-0.05, 0) is 55.2 Å². The van der Waals surface area contributed by atoms with Gasteiger partial charge in [-0.3, -0.25) is 14.5 Å². The first-order valence-corrected chi connectivity index (χ1v) is 9.74. The number of urea groups is 1. The maximum Gasteiger partial charge on any atom is 0.325 e. The molecule has 3 amide bonds. The Kier molecular flexibility index (Phi) is 5.84. The molecule has 0 aromatic heterocycles. The van der Waals surface area contributed by atoms with Crippen molar-refractivity contribution in [3.8, 4) is 5.75 Å². The summed E-state index contributed by atoms with van der Waals surface area (Å²) in [5, 5.41) is 12.1. The monoisotopic (exact) mass is 444 g/mol. The Morgan fingerprint density at radius 1 is 1.07 bits per heavy atom. The molecule has 28 heavy (non-hydrogen) atoms. The van der Waals surface area contributed by atoms with E-state index in [2.05, 4.69) is 21.2 Å². The molecule has 2 N–H and O–H groups in total. The molecule has 1 aliphatic heterocycles. The number of amides is 3. The van der Waals surface area contributed by atoms with Gasteiger partial charge < -0.3 is 10.4 Å². The quantitative estimate of drug-likeness (QED) is 0.641. The number of phenols is 1. The third-order valence-corrected chi connectivity index (χ3v) is 5.37. The van der Waals surface area contributed by atoms with Crippen molar-refractivity contribution in [3.05, 3.63) is 64.1 Å². The van der Waals surface area contributed by atoms with E-state index in [-0.39, 0.29) is 30.4 Å². The van der Waals surface area contributed by atoms with Crippen LogP contribution in [0.15, 0.2) is 53.0 Å². The number of halogens is 1. The van der Waals surface area contributed by atoms with Crippen LogP contribution in [0, 0.1) is 0 Å². The number of rotatable bonds is 7. The van der Waals surface area contributed by atoms with Crippen LogP contribution in [0.5, 0.6) is 5.75 Å². The number of imide groups is 1. The molecule has 1 saturated heterocycles. The zero-order valence-electron chi connectivity index (χ0n) is 15.4. The van der Waals surface area contributed by atoms with Crippen LogP contribution in [0.1, 0.15) is 24.5 Å². The molecule has 0 aliphatic carbocycles. The van der Waals surface area contributed by atoms with Crippen LogP contribution in [-0.2, 0) is 22.4 Å². The maximum atomic E-state index is 12.8. The highest BCUT2D eigenvalue weighted by Crippen LogP contribution is 2.24. The Hall–Kier alpha value is -2.67. The second kappa shape index (κ2) is 8.14. The normalized spacial score (nSPS) is 19.0. The van der Waals surface area contributed by atoms with Crippen LogP contribution in [0.25, 0.3) is 0 Å². The highest BCUT2D eigenvalue weighted by molar-refractivity contribution is 9.10. The lowest BCUT2D eigenvalue weighted by atomic mass is 9.93. The van der Waals surface area contributed by atoms with Crippen molar-refractivity contribution in [2.45, 2.75) is 31.7 Å². The van der Waals surface area contributed by atoms with E-state index in [9.17, 15) is 19.5 Å². The van der Waals surface area contributed by atoms with Gasteiger partial charge in [-0.15, -0.1) is 0 Å². The number of hydrogen-bond acceptors (Lipinski definition) is 4. The van der Waals surface area contributed by atoms with Crippen molar-refractivity contribution in [1.29, 1.82) is 0 Å². The number of nitrogens with zero attached hydrogens (tertiary/aromatic N) is 1. The van der Waals surface area contributed by atoms with Crippen LogP contribution in [-0.4, -0.2) is 39.8 Å². The summed E-state index contributed by atoms with van der Waals surface area (Å²) in [6.07, 6.45) is 1.12. The van der Waals surface area contributed by atoms with E-state index in [4.69, 9.17) is 0 Å². The van der Waals surface area contributed by atoms with Gasteiger partial charge in [0.25, 0.3) is 5.91 Å². The summed E-state index contributed by atoms with van der Waals surface area (Å²) < 4.78 is 0.919. The standard InChI is InChI=1S/C21H21BrN2O4/c1-21(11-10-14-4-8-17(25)9-5-14)19(27)24(20(28)23-21)13-18(26)12-15-2-6-16(22)7-3-15/h2-9,25H,10-13H2,1H3,(H,23,28). The molecule has 0 spiro atoms. The van der Waals surface area contributed by atoms with Crippen molar-refractivity contribution in [2.75, 3.05) is 6.54 Å². The van der Waals surface area contributed by atoms with E-state index < -0.39 is 11.6 Å². The van der Waals surface area contributed by atoms with Gasteiger partial charge in [-0.25, -0.2) is 4.79 Å². The molecular weight excluding hydrogens is 424 g/mol. The molecule has 1 aliphatic rings. The molecule has 1 heterocycles. The molecule has 0 saturated carbocycles. The highest BCUT2D eigenvalue weighted by Gasteiger charge is 2.47. The van der Waals surface area contributed by atoms with E-state index >= 15 is 0 Å². The lowest BCUT2D eigenvalue weighted by Gasteiger charge is -2.21.